The van der Waals surface area contributed by atoms with E-state index in [1.165, 1.54) is 43.2 Å². The van der Waals surface area contributed by atoms with Gasteiger partial charge in [0.1, 0.15) is 0 Å². The Morgan fingerprint density at radius 1 is 1.04 bits per heavy atom. The molecule has 1 heteroatoms. The fraction of sp³-hybridized carbons (Fsp3) is 0.364. The van der Waals surface area contributed by atoms with Gasteiger partial charge in [-0.15, -0.1) is 12.6 Å². The van der Waals surface area contributed by atoms with Gasteiger partial charge in [0, 0.05) is 4.90 Å². The average Bonchev–Trinajstić information content (AvgIpc) is 2.62. The molecule has 0 heterocycles. The van der Waals surface area contributed by atoms with Gasteiger partial charge < -0.3 is 0 Å². The third-order valence-electron chi connectivity index (χ3n) is 5.21. The molecular weight excluding hydrogens is 296 g/mol. The Bertz CT molecular complexity index is 638. The summed E-state index contributed by atoms with van der Waals surface area (Å²) in [6.45, 7) is 3.91. The second-order valence-corrected chi connectivity index (χ2v) is 7.20. The molecule has 0 nitrogen and oxygen atoms in total. The van der Waals surface area contributed by atoms with Gasteiger partial charge in [0.15, 0.2) is 0 Å². The Morgan fingerprint density at radius 3 is 2.48 bits per heavy atom. The SMILES string of the molecule is C=Cc1cc(CC(c2ccccc2)C2CCCCC2)ccc1S. The highest BCUT2D eigenvalue weighted by atomic mass is 32.1. The van der Waals surface area contributed by atoms with Gasteiger partial charge in [0.25, 0.3) is 0 Å². The van der Waals surface area contributed by atoms with Gasteiger partial charge in [-0.25, -0.2) is 0 Å². The Morgan fingerprint density at radius 2 is 1.78 bits per heavy atom. The molecule has 0 aliphatic heterocycles. The number of benzene rings is 2. The van der Waals surface area contributed by atoms with E-state index in [-0.39, 0.29) is 0 Å². The van der Waals surface area contributed by atoms with Crippen LogP contribution in [0.15, 0.2) is 60.0 Å². The monoisotopic (exact) mass is 322 g/mol. The largest absolute Gasteiger partial charge is 0.143 e. The Hall–Kier alpha value is -1.47. The summed E-state index contributed by atoms with van der Waals surface area (Å²) in [5.74, 6) is 1.44. The maximum atomic E-state index is 4.52. The van der Waals surface area contributed by atoms with Crippen LogP contribution in [-0.2, 0) is 6.42 Å². The molecule has 0 bridgehead atoms. The normalized spacial score (nSPS) is 16.9. The summed E-state index contributed by atoms with van der Waals surface area (Å²) in [7, 11) is 0. The van der Waals surface area contributed by atoms with E-state index < -0.39 is 0 Å². The Balaban J connectivity index is 1.87. The minimum absolute atomic E-state index is 0.625. The molecule has 0 amide bonds. The molecule has 1 fully saturated rings. The van der Waals surface area contributed by atoms with E-state index >= 15 is 0 Å². The van der Waals surface area contributed by atoms with E-state index in [0.29, 0.717) is 5.92 Å². The molecule has 2 aromatic carbocycles. The molecule has 3 rings (SSSR count). The summed E-state index contributed by atoms with van der Waals surface area (Å²) in [6, 6.07) is 17.7. The first kappa shape index (κ1) is 16.4. The van der Waals surface area contributed by atoms with Crippen LogP contribution in [0.25, 0.3) is 6.08 Å². The molecule has 0 radical (unpaired) electrons. The third kappa shape index (κ3) is 4.09. The van der Waals surface area contributed by atoms with Gasteiger partial charge in [-0.3, -0.25) is 0 Å². The quantitative estimate of drug-likeness (QED) is 0.595. The van der Waals surface area contributed by atoms with Gasteiger partial charge in [0.2, 0.25) is 0 Å². The lowest BCUT2D eigenvalue weighted by molar-refractivity contribution is 0.302. The summed E-state index contributed by atoms with van der Waals surface area (Å²) in [5, 5.41) is 0. The van der Waals surface area contributed by atoms with Gasteiger partial charge in [-0.1, -0.05) is 74.4 Å². The van der Waals surface area contributed by atoms with Crippen LogP contribution < -0.4 is 0 Å². The fourth-order valence-corrected chi connectivity index (χ4v) is 4.17. The first-order valence-corrected chi connectivity index (χ1v) is 9.22. The summed E-state index contributed by atoms with van der Waals surface area (Å²) >= 11 is 4.52. The molecular formula is C22H26S. The molecule has 0 spiro atoms. The number of hydrogen-bond donors (Lipinski definition) is 1. The number of thiol groups is 1. The zero-order chi connectivity index (χ0) is 16.1. The Labute approximate surface area is 146 Å². The smallest absolute Gasteiger partial charge is 0.0113 e. The maximum Gasteiger partial charge on any atom is 0.0113 e. The van der Waals surface area contributed by atoms with Crippen molar-refractivity contribution in [3.63, 3.8) is 0 Å². The molecule has 120 valence electrons. The van der Waals surface area contributed by atoms with Crippen molar-refractivity contribution >= 4 is 18.7 Å². The van der Waals surface area contributed by atoms with Crippen molar-refractivity contribution in [2.75, 3.05) is 0 Å². The highest BCUT2D eigenvalue weighted by Gasteiger charge is 2.25. The van der Waals surface area contributed by atoms with Crippen molar-refractivity contribution in [3.05, 3.63) is 71.8 Å². The lowest BCUT2D eigenvalue weighted by Gasteiger charge is -2.31. The predicted molar refractivity (Wildman–Crippen MR) is 103 cm³/mol. The molecule has 1 aliphatic carbocycles. The van der Waals surface area contributed by atoms with Crippen LogP contribution in [0, 0.1) is 5.92 Å². The summed E-state index contributed by atoms with van der Waals surface area (Å²) in [4.78, 5) is 1.01. The second kappa shape index (κ2) is 7.88. The first-order chi connectivity index (χ1) is 11.3. The standard InChI is InChI=1S/C22H26S/c1-2-18-15-17(13-14-22(18)23)16-21(19-9-5-3-6-10-19)20-11-7-4-8-12-20/h2-3,5-6,9-10,13-15,20-21,23H,1,4,7-8,11-12,16H2. The predicted octanol–water partition coefficient (Wildman–Crippen LogP) is 6.52. The van der Waals surface area contributed by atoms with Gasteiger partial charge in [-0.05, 0) is 53.9 Å². The molecule has 0 N–H and O–H groups in total. The van der Waals surface area contributed by atoms with Crippen LogP contribution in [0.1, 0.15) is 54.7 Å². The van der Waals surface area contributed by atoms with E-state index in [2.05, 4.69) is 67.7 Å². The van der Waals surface area contributed by atoms with Crippen LogP contribution in [-0.4, -0.2) is 0 Å². The van der Waals surface area contributed by atoms with Gasteiger partial charge in [-0.2, -0.15) is 0 Å². The topological polar surface area (TPSA) is 0 Å². The van der Waals surface area contributed by atoms with E-state index in [1.807, 2.05) is 6.08 Å². The van der Waals surface area contributed by atoms with Crippen molar-refractivity contribution < 1.29 is 0 Å². The van der Waals surface area contributed by atoms with Crippen molar-refractivity contribution in [2.45, 2.75) is 49.3 Å². The highest BCUT2D eigenvalue weighted by Crippen LogP contribution is 2.38. The van der Waals surface area contributed by atoms with E-state index in [4.69, 9.17) is 0 Å². The van der Waals surface area contributed by atoms with Crippen LogP contribution in [0.2, 0.25) is 0 Å². The van der Waals surface area contributed by atoms with Gasteiger partial charge in [0.05, 0.1) is 0 Å². The molecule has 1 aliphatic rings. The highest BCUT2D eigenvalue weighted by molar-refractivity contribution is 7.80. The molecule has 1 atom stereocenters. The van der Waals surface area contributed by atoms with Crippen molar-refractivity contribution in [1.82, 2.24) is 0 Å². The van der Waals surface area contributed by atoms with Crippen LogP contribution in [0.3, 0.4) is 0 Å². The van der Waals surface area contributed by atoms with Crippen LogP contribution in [0.5, 0.6) is 0 Å². The van der Waals surface area contributed by atoms with Crippen molar-refractivity contribution in [1.29, 1.82) is 0 Å². The number of rotatable bonds is 5. The van der Waals surface area contributed by atoms with E-state index in [1.54, 1.807) is 0 Å². The zero-order valence-electron chi connectivity index (χ0n) is 13.7. The first-order valence-electron chi connectivity index (χ1n) is 8.77. The van der Waals surface area contributed by atoms with E-state index in [0.717, 1.165) is 22.8 Å². The van der Waals surface area contributed by atoms with Crippen molar-refractivity contribution in [2.24, 2.45) is 5.92 Å². The van der Waals surface area contributed by atoms with Crippen LogP contribution in [0.4, 0.5) is 0 Å². The molecule has 0 aromatic heterocycles. The summed E-state index contributed by atoms with van der Waals surface area (Å²) < 4.78 is 0. The lowest BCUT2D eigenvalue weighted by atomic mass is 9.74. The molecule has 2 aromatic rings. The molecule has 0 saturated heterocycles. The molecule has 23 heavy (non-hydrogen) atoms. The third-order valence-corrected chi connectivity index (χ3v) is 5.62. The summed E-state index contributed by atoms with van der Waals surface area (Å²) in [5.41, 5.74) is 4.04. The lowest BCUT2D eigenvalue weighted by Crippen LogP contribution is -2.18. The second-order valence-electron chi connectivity index (χ2n) is 6.72. The Kier molecular flexibility index (Phi) is 5.61. The zero-order valence-corrected chi connectivity index (χ0v) is 14.6. The molecule has 1 saturated carbocycles. The maximum absolute atomic E-state index is 4.52. The van der Waals surface area contributed by atoms with E-state index in [9.17, 15) is 0 Å². The van der Waals surface area contributed by atoms with Gasteiger partial charge >= 0.3 is 0 Å². The number of hydrogen-bond acceptors (Lipinski definition) is 1. The average molecular weight is 323 g/mol. The summed E-state index contributed by atoms with van der Waals surface area (Å²) in [6.07, 6.45) is 9.96. The fourth-order valence-electron chi connectivity index (χ4n) is 3.94. The van der Waals surface area contributed by atoms with Crippen molar-refractivity contribution in [3.8, 4) is 0 Å². The minimum Gasteiger partial charge on any atom is -0.143 e. The van der Waals surface area contributed by atoms with Crippen LogP contribution >= 0.6 is 12.6 Å². The minimum atomic E-state index is 0.625. The molecule has 1 unspecified atom stereocenters.